The van der Waals surface area contributed by atoms with Crippen LogP contribution in [0.15, 0.2) is 18.2 Å². The zero-order valence-electron chi connectivity index (χ0n) is 10.6. The standard InChI is InChI=1S/C13H13FN2O4/c1-6(13(19)20)15-12(18)9-5-11(17)16-10-4-7(14)2-3-8(9)10/h2-4,6,9H,5H2,1H3,(H,15,18)(H,16,17)(H,19,20)/t6-,9?/m1/s1. The number of nitrogens with one attached hydrogen (secondary N) is 2. The fourth-order valence-electron chi connectivity index (χ4n) is 2.05. The molecule has 1 aromatic carbocycles. The van der Waals surface area contributed by atoms with Crippen LogP contribution in [0, 0.1) is 5.82 Å². The number of benzene rings is 1. The Morgan fingerprint density at radius 1 is 1.50 bits per heavy atom. The molecule has 2 amide bonds. The molecule has 3 N–H and O–H groups in total. The largest absolute Gasteiger partial charge is 0.480 e. The molecule has 1 aliphatic heterocycles. The van der Waals surface area contributed by atoms with E-state index in [0.29, 0.717) is 5.56 Å². The average molecular weight is 280 g/mol. The van der Waals surface area contributed by atoms with E-state index in [2.05, 4.69) is 10.6 Å². The van der Waals surface area contributed by atoms with Crippen LogP contribution in [0.2, 0.25) is 0 Å². The van der Waals surface area contributed by atoms with E-state index in [1.54, 1.807) is 0 Å². The lowest BCUT2D eigenvalue weighted by molar-refractivity contribution is -0.141. The maximum Gasteiger partial charge on any atom is 0.325 e. The van der Waals surface area contributed by atoms with Gasteiger partial charge in [0.05, 0.1) is 5.92 Å². The van der Waals surface area contributed by atoms with Gasteiger partial charge in [0.25, 0.3) is 0 Å². The molecule has 7 heteroatoms. The van der Waals surface area contributed by atoms with Gasteiger partial charge in [0.1, 0.15) is 11.9 Å². The van der Waals surface area contributed by atoms with Crippen molar-refractivity contribution in [2.45, 2.75) is 25.3 Å². The Hall–Kier alpha value is -2.44. The number of halogens is 1. The Morgan fingerprint density at radius 2 is 2.20 bits per heavy atom. The Kier molecular flexibility index (Phi) is 3.69. The molecule has 0 fully saturated rings. The van der Waals surface area contributed by atoms with Gasteiger partial charge in [-0.25, -0.2) is 4.39 Å². The minimum Gasteiger partial charge on any atom is -0.480 e. The predicted molar refractivity (Wildman–Crippen MR) is 67.6 cm³/mol. The van der Waals surface area contributed by atoms with Crippen molar-refractivity contribution in [3.8, 4) is 0 Å². The molecule has 1 aromatic rings. The second-order valence-electron chi connectivity index (χ2n) is 4.60. The van der Waals surface area contributed by atoms with Crippen molar-refractivity contribution in [2.75, 3.05) is 5.32 Å². The highest BCUT2D eigenvalue weighted by atomic mass is 19.1. The molecule has 1 unspecified atom stereocenters. The molecular formula is C13H13FN2O4. The topological polar surface area (TPSA) is 95.5 Å². The average Bonchev–Trinajstić information content (AvgIpc) is 2.36. The van der Waals surface area contributed by atoms with Crippen LogP contribution in [-0.2, 0) is 14.4 Å². The lowest BCUT2D eigenvalue weighted by atomic mass is 9.89. The van der Waals surface area contributed by atoms with E-state index in [4.69, 9.17) is 5.11 Å². The summed E-state index contributed by atoms with van der Waals surface area (Å²) >= 11 is 0. The number of carboxylic acid groups (broad SMARTS) is 1. The smallest absolute Gasteiger partial charge is 0.325 e. The highest BCUT2D eigenvalue weighted by molar-refractivity contribution is 6.01. The molecule has 0 saturated carbocycles. The van der Waals surface area contributed by atoms with Gasteiger partial charge in [-0.05, 0) is 24.6 Å². The maximum absolute atomic E-state index is 13.1. The van der Waals surface area contributed by atoms with Crippen LogP contribution < -0.4 is 10.6 Å². The van der Waals surface area contributed by atoms with Gasteiger partial charge in [0, 0.05) is 12.1 Å². The first-order valence-corrected chi connectivity index (χ1v) is 6.01. The number of carbonyl (C=O) groups excluding carboxylic acids is 2. The first kappa shape index (κ1) is 14.0. The number of hydrogen-bond acceptors (Lipinski definition) is 3. The van der Waals surface area contributed by atoms with Crippen molar-refractivity contribution in [3.63, 3.8) is 0 Å². The van der Waals surface area contributed by atoms with Gasteiger partial charge >= 0.3 is 5.97 Å². The third kappa shape index (κ3) is 2.76. The van der Waals surface area contributed by atoms with Crippen LogP contribution in [0.25, 0.3) is 0 Å². The fraction of sp³-hybridized carbons (Fsp3) is 0.308. The number of hydrogen-bond donors (Lipinski definition) is 3. The zero-order chi connectivity index (χ0) is 14.9. The molecular weight excluding hydrogens is 267 g/mol. The van der Waals surface area contributed by atoms with Crippen LogP contribution in [0.1, 0.15) is 24.8 Å². The summed E-state index contributed by atoms with van der Waals surface area (Å²) in [5.41, 5.74) is 0.713. The highest BCUT2D eigenvalue weighted by Gasteiger charge is 2.32. The van der Waals surface area contributed by atoms with Crippen LogP contribution in [-0.4, -0.2) is 28.9 Å². The summed E-state index contributed by atoms with van der Waals surface area (Å²) in [6.07, 6.45) is -0.100. The van der Waals surface area contributed by atoms with E-state index in [1.807, 2.05) is 0 Å². The van der Waals surface area contributed by atoms with Crippen molar-refractivity contribution in [1.82, 2.24) is 5.32 Å². The molecule has 0 bridgehead atoms. The summed E-state index contributed by atoms with van der Waals surface area (Å²) in [7, 11) is 0. The summed E-state index contributed by atoms with van der Waals surface area (Å²) < 4.78 is 13.1. The Labute approximate surface area is 114 Å². The lowest BCUT2D eigenvalue weighted by Gasteiger charge is -2.25. The zero-order valence-corrected chi connectivity index (χ0v) is 10.6. The van der Waals surface area contributed by atoms with E-state index < -0.39 is 35.6 Å². The van der Waals surface area contributed by atoms with Gasteiger partial charge in [-0.2, -0.15) is 0 Å². The summed E-state index contributed by atoms with van der Waals surface area (Å²) in [4.78, 5) is 34.3. The second-order valence-corrected chi connectivity index (χ2v) is 4.60. The molecule has 6 nitrogen and oxygen atoms in total. The van der Waals surface area contributed by atoms with Gasteiger partial charge in [-0.1, -0.05) is 6.07 Å². The molecule has 106 valence electrons. The van der Waals surface area contributed by atoms with E-state index in [1.165, 1.54) is 19.1 Å². The second kappa shape index (κ2) is 5.28. The number of aliphatic carboxylic acids is 1. The summed E-state index contributed by atoms with van der Waals surface area (Å²) in [5, 5.41) is 13.6. The number of anilines is 1. The summed E-state index contributed by atoms with van der Waals surface area (Å²) in [6.45, 7) is 1.33. The Bertz CT molecular complexity index is 588. The van der Waals surface area contributed by atoms with Crippen LogP contribution >= 0.6 is 0 Å². The number of carbonyl (C=O) groups is 3. The SMILES string of the molecule is C[C@@H](NC(=O)C1CC(=O)Nc2cc(F)ccc21)C(=O)O. The molecule has 20 heavy (non-hydrogen) atoms. The van der Waals surface area contributed by atoms with E-state index >= 15 is 0 Å². The Morgan fingerprint density at radius 3 is 2.85 bits per heavy atom. The fourth-order valence-corrected chi connectivity index (χ4v) is 2.05. The van der Waals surface area contributed by atoms with Gasteiger partial charge in [0.2, 0.25) is 11.8 Å². The van der Waals surface area contributed by atoms with Crippen LogP contribution in [0.3, 0.4) is 0 Å². The number of amides is 2. The first-order chi connectivity index (χ1) is 9.38. The number of fused-ring (bicyclic) bond motifs is 1. The molecule has 0 aromatic heterocycles. The van der Waals surface area contributed by atoms with Crippen molar-refractivity contribution >= 4 is 23.5 Å². The van der Waals surface area contributed by atoms with Crippen molar-refractivity contribution < 1.29 is 23.9 Å². The van der Waals surface area contributed by atoms with E-state index in [-0.39, 0.29) is 12.1 Å². The molecule has 0 saturated heterocycles. The molecule has 0 aliphatic carbocycles. The summed E-state index contributed by atoms with van der Waals surface area (Å²) in [5.74, 6) is -3.49. The van der Waals surface area contributed by atoms with Gasteiger partial charge in [0.15, 0.2) is 0 Å². The van der Waals surface area contributed by atoms with Gasteiger partial charge < -0.3 is 15.7 Å². The Balaban J connectivity index is 2.27. The number of carboxylic acids is 1. The third-order valence-corrected chi connectivity index (χ3v) is 3.10. The molecule has 0 radical (unpaired) electrons. The van der Waals surface area contributed by atoms with Crippen LogP contribution in [0.4, 0.5) is 10.1 Å². The molecule has 0 spiro atoms. The van der Waals surface area contributed by atoms with Crippen molar-refractivity contribution in [1.29, 1.82) is 0 Å². The highest BCUT2D eigenvalue weighted by Crippen LogP contribution is 2.32. The summed E-state index contributed by atoms with van der Waals surface area (Å²) in [6, 6.07) is 2.68. The minimum absolute atomic E-state index is 0.100. The van der Waals surface area contributed by atoms with E-state index in [9.17, 15) is 18.8 Å². The van der Waals surface area contributed by atoms with Crippen molar-refractivity contribution in [2.24, 2.45) is 0 Å². The third-order valence-electron chi connectivity index (χ3n) is 3.10. The first-order valence-electron chi connectivity index (χ1n) is 6.01. The quantitative estimate of drug-likeness (QED) is 0.764. The van der Waals surface area contributed by atoms with E-state index in [0.717, 1.165) is 6.07 Å². The van der Waals surface area contributed by atoms with Crippen LogP contribution in [0.5, 0.6) is 0 Å². The molecule has 1 heterocycles. The monoisotopic (exact) mass is 280 g/mol. The molecule has 2 rings (SSSR count). The van der Waals surface area contributed by atoms with Crippen molar-refractivity contribution in [3.05, 3.63) is 29.6 Å². The number of rotatable bonds is 3. The van der Waals surface area contributed by atoms with Gasteiger partial charge in [-0.15, -0.1) is 0 Å². The normalized spacial score (nSPS) is 18.7. The molecule has 2 atom stereocenters. The maximum atomic E-state index is 13.1. The predicted octanol–water partition coefficient (Wildman–Crippen LogP) is 0.841. The van der Waals surface area contributed by atoms with Gasteiger partial charge in [-0.3, -0.25) is 14.4 Å². The lowest BCUT2D eigenvalue weighted by Crippen LogP contribution is -2.42. The molecule has 1 aliphatic rings. The minimum atomic E-state index is -1.17.